The van der Waals surface area contributed by atoms with Gasteiger partial charge in [-0.25, -0.2) is 0 Å². The first kappa shape index (κ1) is 11.9. The highest BCUT2D eigenvalue weighted by molar-refractivity contribution is 5.75. The standard InChI is InChI=1S/C17H16N2/c1-3-8-15(9-4-1)14-19-17(12-7-13-18-17)16-10-5-2-6-11-16/h1-13,19H,14H2. The molecule has 2 heteroatoms. The van der Waals surface area contributed by atoms with Crippen molar-refractivity contribution >= 4 is 6.21 Å². The Labute approximate surface area is 113 Å². The minimum absolute atomic E-state index is 0.420. The molecule has 1 aliphatic heterocycles. The lowest BCUT2D eigenvalue weighted by molar-refractivity contribution is 0.439. The molecule has 2 nitrogen and oxygen atoms in total. The monoisotopic (exact) mass is 248 g/mol. The second-order valence-corrected chi connectivity index (χ2v) is 4.61. The van der Waals surface area contributed by atoms with Gasteiger partial charge in [0, 0.05) is 12.8 Å². The Morgan fingerprint density at radius 3 is 2.21 bits per heavy atom. The zero-order valence-corrected chi connectivity index (χ0v) is 10.7. The number of nitrogens with zero attached hydrogens (tertiary/aromatic N) is 1. The van der Waals surface area contributed by atoms with Gasteiger partial charge in [0.1, 0.15) is 0 Å². The molecule has 3 rings (SSSR count). The van der Waals surface area contributed by atoms with E-state index in [1.165, 1.54) is 5.56 Å². The van der Waals surface area contributed by atoms with E-state index in [1.807, 2.05) is 36.6 Å². The van der Waals surface area contributed by atoms with E-state index in [0.29, 0.717) is 0 Å². The molecule has 1 unspecified atom stereocenters. The first-order valence-corrected chi connectivity index (χ1v) is 6.47. The van der Waals surface area contributed by atoms with Gasteiger partial charge in [-0.05, 0) is 23.3 Å². The number of rotatable bonds is 4. The zero-order chi connectivity index (χ0) is 13.0. The lowest BCUT2D eigenvalue weighted by atomic mass is 10.00. The summed E-state index contributed by atoms with van der Waals surface area (Å²) < 4.78 is 0. The summed E-state index contributed by atoms with van der Waals surface area (Å²) in [6, 6.07) is 20.7. The molecule has 0 radical (unpaired) electrons. The van der Waals surface area contributed by atoms with Crippen molar-refractivity contribution in [3.05, 3.63) is 83.9 Å². The summed E-state index contributed by atoms with van der Waals surface area (Å²) in [5.41, 5.74) is 2.00. The van der Waals surface area contributed by atoms with Crippen LogP contribution in [0.1, 0.15) is 11.1 Å². The third-order valence-corrected chi connectivity index (χ3v) is 3.32. The predicted molar refractivity (Wildman–Crippen MR) is 79.0 cm³/mol. The van der Waals surface area contributed by atoms with E-state index in [1.54, 1.807) is 0 Å². The topological polar surface area (TPSA) is 24.4 Å². The van der Waals surface area contributed by atoms with Crippen molar-refractivity contribution in [2.24, 2.45) is 4.99 Å². The fourth-order valence-corrected chi connectivity index (χ4v) is 2.29. The maximum absolute atomic E-state index is 4.61. The first-order valence-electron chi connectivity index (χ1n) is 6.47. The van der Waals surface area contributed by atoms with Gasteiger partial charge >= 0.3 is 0 Å². The van der Waals surface area contributed by atoms with Crippen LogP contribution in [0.2, 0.25) is 0 Å². The van der Waals surface area contributed by atoms with E-state index in [4.69, 9.17) is 0 Å². The molecular weight excluding hydrogens is 232 g/mol. The molecule has 0 aliphatic carbocycles. The number of allylic oxidation sites excluding steroid dienone is 1. The highest BCUT2D eigenvalue weighted by Gasteiger charge is 2.28. The number of benzene rings is 2. The highest BCUT2D eigenvalue weighted by Crippen LogP contribution is 2.27. The fourth-order valence-electron chi connectivity index (χ4n) is 2.29. The number of aliphatic imine (C=N–C) groups is 1. The Bertz CT molecular complexity index is 573. The van der Waals surface area contributed by atoms with Crippen LogP contribution in [-0.2, 0) is 12.2 Å². The van der Waals surface area contributed by atoms with Crippen molar-refractivity contribution in [3.8, 4) is 0 Å². The van der Waals surface area contributed by atoms with Crippen molar-refractivity contribution in [2.75, 3.05) is 0 Å². The Morgan fingerprint density at radius 2 is 1.58 bits per heavy atom. The van der Waals surface area contributed by atoms with Gasteiger partial charge in [0.15, 0.2) is 5.66 Å². The molecule has 0 saturated carbocycles. The molecular formula is C17H16N2. The van der Waals surface area contributed by atoms with E-state index in [-0.39, 0.29) is 0 Å². The summed E-state index contributed by atoms with van der Waals surface area (Å²) in [5, 5.41) is 3.54. The third kappa shape index (κ3) is 2.49. The van der Waals surface area contributed by atoms with Crippen molar-refractivity contribution in [1.82, 2.24) is 5.32 Å². The molecule has 0 spiro atoms. The Balaban J connectivity index is 1.83. The lowest BCUT2D eigenvalue weighted by Gasteiger charge is -2.26. The average molecular weight is 248 g/mol. The molecule has 0 saturated heterocycles. The van der Waals surface area contributed by atoms with E-state index in [0.717, 1.165) is 12.1 Å². The van der Waals surface area contributed by atoms with Crippen LogP contribution in [0, 0.1) is 0 Å². The van der Waals surface area contributed by atoms with Crippen LogP contribution in [0.15, 0.2) is 77.8 Å². The summed E-state index contributed by atoms with van der Waals surface area (Å²) in [5.74, 6) is 0. The molecule has 94 valence electrons. The van der Waals surface area contributed by atoms with Gasteiger partial charge in [0.25, 0.3) is 0 Å². The highest BCUT2D eigenvalue weighted by atomic mass is 15.1. The second-order valence-electron chi connectivity index (χ2n) is 4.61. The fraction of sp³-hybridized carbons (Fsp3) is 0.118. The average Bonchev–Trinajstić information content (AvgIpc) is 2.97. The molecule has 0 aromatic heterocycles. The quantitative estimate of drug-likeness (QED) is 0.882. The SMILES string of the molecule is C1=CC(NCc2ccccc2)(c2ccccc2)N=C1. The zero-order valence-electron chi connectivity index (χ0n) is 10.7. The maximum Gasteiger partial charge on any atom is 0.155 e. The van der Waals surface area contributed by atoms with E-state index < -0.39 is 5.66 Å². The van der Waals surface area contributed by atoms with Gasteiger partial charge in [-0.1, -0.05) is 60.7 Å². The van der Waals surface area contributed by atoms with Crippen LogP contribution in [0.4, 0.5) is 0 Å². The largest absolute Gasteiger partial charge is 0.282 e. The third-order valence-electron chi connectivity index (χ3n) is 3.32. The van der Waals surface area contributed by atoms with Gasteiger partial charge in [-0.3, -0.25) is 10.3 Å². The van der Waals surface area contributed by atoms with E-state index in [9.17, 15) is 0 Å². The van der Waals surface area contributed by atoms with Crippen LogP contribution in [0.5, 0.6) is 0 Å². The van der Waals surface area contributed by atoms with Crippen LogP contribution in [0.25, 0.3) is 0 Å². The van der Waals surface area contributed by atoms with Crippen molar-refractivity contribution in [1.29, 1.82) is 0 Å². The molecule has 2 aromatic rings. The van der Waals surface area contributed by atoms with Crippen molar-refractivity contribution in [3.63, 3.8) is 0 Å². The van der Waals surface area contributed by atoms with Gasteiger partial charge in [-0.2, -0.15) is 0 Å². The van der Waals surface area contributed by atoms with E-state index >= 15 is 0 Å². The van der Waals surface area contributed by atoms with Crippen molar-refractivity contribution < 1.29 is 0 Å². The van der Waals surface area contributed by atoms with Gasteiger partial charge in [0.2, 0.25) is 0 Å². The summed E-state index contributed by atoms with van der Waals surface area (Å²) in [6.45, 7) is 0.789. The van der Waals surface area contributed by atoms with E-state index in [2.05, 4.69) is 52.8 Å². The summed E-state index contributed by atoms with van der Waals surface area (Å²) >= 11 is 0. The van der Waals surface area contributed by atoms with Crippen LogP contribution < -0.4 is 5.32 Å². The molecule has 1 heterocycles. The Hall–Kier alpha value is -2.19. The Kier molecular flexibility index (Phi) is 3.25. The normalized spacial score (nSPS) is 20.8. The van der Waals surface area contributed by atoms with Gasteiger partial charge in [-0.15, -0.1) is 0 Å². The smallest absolute Gasteiger partial charge is 0.155 e. The molecule has 1 N–H and O–H groups in total. The molecule has 1 aliphatic rings. The molecule has 1 atom stereocenters. The molecule has 19 heavy (non-hydrogen) atoms. The number of hydrogen-bond donors (Lipinski definition) is 1. The predicted octanol–water partition coefficient (Wildman–Crippen LogP) is 3.27. The van der Waals surface area contributed by atoms with Gasteiger partial charge in [0.05, 0.1) is 0 Å². The maximum atomic E-state index is 4.61. The van der Waals surface area contributed by atoms with Crippen LogP contribution in [-0.4, -0.2) is 6.21 Å². The lowest BCUT2D eigenvalue weighted by Crippen LogP contribution is -2.37. The molecule has 0 amide bonds. The number of nitrogens with one attached hydrogen (secondary N) is 1. The Morgan fingerprint density at radius 1 is 0.895 bits per heavy atom. The van der Waals surface area contributed by atoms with Crippen LogP contribution >= 0.6 is 0 Å². The van der Waals surface area contributed by atoms with Crippen LogP contribution in [0.3, 0.4) is 0 Å². The van der Waals surface area contributed by atoms with Gasteiger partial charge < -0.3 is 0 Å². The first-order chi connectivity index (χ1) is 9.39. The minimum atomic E-state index is -0.420. The molecule has 0 fully saturated rings. The minimum Gasteiger partial charge on any atom is -0.282 e. The molecule has 0 bridgehead atoms. The molecule has 2 aromatic carbocycles. The summed E-state index contributed by atoms with van der Waals surface area (Å²) in [4.78, 5) is 4.61. The summed E-state index contributed by atoms with van der Waals surface area (Å²) in [6.07, 6.45) is 5.95. The van der Waals surface area contributed by atoms with Crippen molar-refractivity contribution in [2.45, 2.75) is 12.2 Å². The summed E-state index contributed by atoms with van der Waals surface area (Å²) in [7, 11) is 0. The number of hydrogen-bond acceptors (Lipinski definition) is 2. The second kappa shape index (κ2) is 5.21.